The lowest BCUT2D eigenvalue weighted by molar-refractivity contribution is -0.137. The lowest BCUT2D eigenvalue weighted by Gasteiger charge is -2.35. The van der Waals surface area contributed by atoms with Gasteiger partial charge in [-0.2, -0.15) is 0 Å². The maximum Gasteiger partial charge on any atom is 0.304 e. The smallest absolute Gasteiger partial charge is 0.304 e. The highest BCUT2D eigenvalue weighted by molar-refractivity contribution is 5.66. The third kappa shape index (κ3) is 2.75. The fraction of sp³-hybridized carbons (Fsp3) is 0.643. The van der Waals surface area contributed by atoms with Crippen LogP contribution in [0, 0.1) is 0 Å². The van der Waals surface area contributed by atoms with E-state index in [1.165, 1.54) is 17.7 Å². The van der Waals surface area contributed by atoms with Crippen LogP contribution in [0.1, 0.15) is 24.1 Å². The number of piperazine rings is 1. The lowest BCUT2D eigenvalue weighted by atomic mass is 10.2. The minimum absolute atomic E-state index is 0.225. The Morgan fingerprint density at radius 1 is 1.20 bits per heavy atom. The van der Waals surface area contributed by atoms with Gasteiger partial charge in [0.15, 0.2) is 0 Å². The van der Waals surface area contributed by atoms with Gasteiger partial charge in [0.2, 0.25) is 0 Å². The number of nitrogens with zero attached hydrogens (tertiary/aromatic N) is 4. The molecule has 0 atom stereocenters. The van der Waals surface area contributed by atoms with Gasteiger partial charge in [-0.05, 0) is 19.3 Å². The van der Waals surface area contributed by atoms with Crippen molar-refractivity contribution in [2.24, 2.45) is 0 Å². The van der Waals surface area contributed by atoms with Gasteiger partial charge in [0.1, 0.15) is 12.1 Å². The Bertz CT molecular complexity index is 498. The quantitative estimate of drug-likeness (QED) is 0.866. The van der Waals surface area contributed by atoms with E-state index in [4.69, 9.17) is 5.11 Å². The summed E-state index contributed by atoms with van der Waals surface area (Å²) < 4.78 is 0. The topological polar surface area (TPSA) is 69.6 Å². The molecule has 1 aromatic rings. The second-order valence-corrected chi connectivity index (χ2v) is 5.45. The molecular weight excluding hydrogens is 256 g/mol. The number of aromatic nitrogens is 2. The van der Waals surface area contributed by atoms with Gasteiger partial charge in [-0.15, -0.1) is 0 Å². The van der Waals surface area contributed by atoms with E-state index >= 15 is 0 Å². The van der Waals surface area contributed by atoms with Gasteiger partial charge in [0.05, 0.1) is 6.42 Å². The molecule has 6 heteroatoms. The maximum absolute atomic E-state index is 10.6. The van der Waals surface area contributed by atoms with Crippen LogP contribution in [0.15, 0.2) is 6.33 Å². The number of carboxylic acids is 1. The van der Waals surface area contributed by atoms with E-state index in [2.05, 4.69) is 19.8 Å². The Labute approximate surface area is 118 Å². The molecular formula is C14H20N4O2. The Kier molecular flexibility index (Phi) is 3.82. The molecule has 0 bridgehead atoms. The zero-order chi connectivity index (χ0) is 13.9. The summed E-state index contributed by atoms with van der Waals surface area (Å²) >= 11 is 0. The molecule has 1 aliphatic carbocycles. The van der Waals surface area contributed by atoms with Gasteiger partial charge in [-0.1, -0.05) is 0 Å². The molecule has 1 N–H and O–H groups in total. The van der Waals surface area contributed by atoms with Crippen molar-refractivity contribution in [3.05, 3.63) is 17.6 Å². The van der Waals surface area contributed by atoms with Crippen LogP contribution >= 0.6 is 0 Å². The van der Waals surface area contributed by atoms with Crippen LogP contribution in [0.4, 0.5) is 5.82 Å². The molecule has 1 saturated heterocycles. The van der Waals surface area contributed by atoms with Crippen LogP contribution in [-0.2, 0) is 17.6 Å². The summed E-state index contributed by atoms with van der Waals surface area (Å²) in [6.45, 7) is 4.30. The second kappa shape index (κ2) is 5.75. The van der Waals surface area contributed by atoms with Crippen molar-refractivity contribution >= 4 is 11.8 Å². The number of aryl methyl sites for hydroxylation is 1. The number of hydrogen-bond acceptors (Lipinski definition) is 5. The van der Waals surface area contributed by atoms with Crippen LogP contribution in [0.2, 0.25) is 0 Å². The standard InChI is InChI=1S/C14H20N4O2/c19-13(20)4-5-17-6-8-18(9-7-17)14-11-2-1-3-12(11)15-10-16-14/h10H,1-9H2,(H,19,20). The van der Waals surface area contributed by atoms with Gasteiger partial charge in [0.25, 0.3) is 0 Å². The first-order valence-electron chi connectivity index (χ1n) is 7.26. The molecule has 0 spiro atoms. The zero-order valence-corrected chi connectivity index (χ0v) is 11.6. The van der Waals surface area contributed by atoms with Crippen LogP contribution in [0.5, 0.6) is 0 Å². The van der Waals surface area contributed by atoms with Crippen molar-refractivity contribution in [1.82, 2.24) is 14.9 Å². The molecule has 0 amide bonds. The minimum Gasteiger partial charge on any atom is -0.481 e. The number of anilines is 1. The monoisotopic (exact) mass is 276 g/mol. The van der Waals surface area contributed by atoms with Crippen LogP contribution in [-0.4, -0.2) is 58.7 Å². The second-order valence-electron chi connectivity index (χ2n) is 5.45. The molecule has 108 valence electrons. The van der Waals surface area contributed by atoms with Crippen molar-refractivity contribution in [3.63, 3.8) is 0 Å². The van der Waals surface area contributed by atoms with Crippen LogP contribution in [0.25, 0.3) is 0 Å². The van der Waals surface area contributed by atoms with Gasteiger partial charge in [-0.25, -0.2) is 9.97 Å². The fourth-order valence-electron chi connectivity index (χ4n) is 3.05. The van der Waals surface area contributed by atoms with Crippen molar-refractivity contribution in [3.8, 4) is 0 Å². The minimum atomic E-state index is -0.721. The van der Waals surface area contributed by atoms with E-state index in [1.807, 2.05) is 0 Å². The SMILES string of the molecule is O=C(O)CCN1CCN(c2ncnc3c2CCC3)CC1. The summed E-state index contributed by atoms with van der Waals surface area (Å²) in [6.07, 6.45) is 5.24. The molecule has 3 rings (SSSR count). The summed E-state index contributed by atoms with van der Waals surface area (Å²) in [7, 11) is 0. The lowest BCUT2D eigenvalue weighted by Crippen LogP contribution is -2.47. The first-order chi connectivity index (χ1) is 9.74. The first-order valence-corrected chi connectivity index (χ1v) is 7.26. The number of aliphatic carboxylic acids is 1. The van der Waals surface area contributed by atoms with Crippen molar-refractivity contribution in [1.29, 1.82) is 0 Å². The van der Waals surface area contributed by atoms with Gasteiger partial charge in [-0.3, -0.25) is 9.69 Å². The highest BCUT2D eigenvalue weighted by Crippen LogP contribution is 2.28. The summed E-state index contributed by atoms with van der Waals surface area (Å²) in [5.74, 6) is 0.381. The molecule has 1 aliphatic heterocycles. The van der Waals surface area contributed by atoms with E-state index in [-0.39, 0.29) is 6.42 Å². The third-order valence-corrected chi connectivity index (χ3v) is 4.17. The van der Waals surface area contributed by atoms with E-state index < -0.39 is 5.97 Å². The van der Waals surface area contributed by atoms with Gasteiger partial charge >= 0.3 is 5.97 Å². The van der Waals surface area contributed by atoms with E-state index in [9.17, 15) is 4.79 Å². The highest BCUT2D eigenvalue weighted by atomic mass is 16.4. The largest absolute Gasteiger partial charge is 0.481 e. The van der Waals surface area contributed by atoms with Crippen molar-refractivity contribution < 1.29 is 9.90 Å². The molecule has 0 unspecified atom stereocenters. The van der Waals surface area contributed by atoms with Gasteiger partial charge in [0, 0.05) is 44.0 Å². The summed E-state index contributed by atoms with van der Waals surface area (Å²) in [5, 5.41) is 8.73. The third-order valence-electron chi connectivity index (χ3n) is 4.17. The van der Waals surface area contributed by atoms with Crippen LogP contribution < -0.4 is 4.90 Å². The molecule has 0 saturated carbocycles. The summed E-state index contributed by atoms with van der Waals surface area (Å²) in [6, 6.07) is 0. The fourth-order valence-corrected chi connectivity index (χ4v) is 3.05. The normalized spacial score (nSPS) is 19.1. The molecule has 0 radical (unpaired) electrons. The number of hydrogen-bond donors (Lipinski definition) is 1. The Morgan fingerprint density at radius 3 is 2.75 bits per heavy atom. The van der Waals surface area contributed by atoms with E-state index in [0.717, 1.165) is 44.8 Å². The van der Waals surface area contributed by atoms with Crippen LogP contribution in [0.3, 0.4) is 0 Å². The van der Waals surface area contributed by atoms with Crippen molar-refractivity contribution in [2.75, 3.05) is 37.6 Å². The molecule has 20 heavy (non-hydrogen) atoms. The number of fused-ring (bicyclic) bond motifs is 1. The predicted octanol–water partition coefficient (Wildman–Crippen LogP) is 0.562. The van der Waals surface area contributed by atoms with E-state index in [1.54, 1.807) is 6.33 Å². The Balaban J connectivity index is 1.61. The average molecular weight is 276 g/mol. The predicted molar refractivity (Wildman–Crippen MR) is 75.0 cm³/mol. The highest BCUT2D eigenvalue weighted by Gasteiger charge is 2.24. The molecule has 2 heterocycles. The Morgan fingerprint density at radius 2 is 2.00 bits per heavy atom. The van der Waals surface area contributed by atoms with Crippen molar-refractivity contribution in [2.45, 2.75) is 25.7 Å². The number of carbonyl (C=O) groups is 1. The Hall–Kier alpha value is -1.69. The summed E-state index contributed by atoms with van der Waals surface area (Å²) in [4.78, 5) is 24.0. The molecule has 6 nitrogen and oxygen atoms in total. The molecule has 0 aromatic carbocycles. The first kappa shape index (κ1) is 13.3. The molecule has 2 aliphatic rings. The molecule has 1 aromatic heterocycles. The van der Waals surface area contributed by atoms with E-state index in [0.29, 0.717) is 6.54 Å². The summed E-state index contributed by atoms with van der Waals surface area (Å²) in [5.41, 5.74) is 2.54. The van der Waals surface area contributed by atoms with Gasteiger partial charge < -0.3 is 10.0 Å². The number of rotatable bonds is 4. The maximum atomic E-state index is 10.6. The average Bonchev–Trinajstić information content (AvgIpc) is 2.94. The molecule has 1 fully saturated rings. The number of carboxylic acid groups (broad SMARTS) is 1. The zero-order valence-electron chi connectivity index (χ0n) is 11.6.